The summed E-state index contributed by atoms with van der Waals surface area (Å²) in [6, 6.07) is 2.85. The molecule has 0 aliphatic rings. The van der Waals surface area contributed by atoms with E-state index >= 15 is 0 Å². The van der Waals surface area contributed by atoms with Crippen LogP contribution >= 0.6 is 0 Å². The molecule has 0 aromatic heterocycles. The fraction of sp³-hybridized carbons (Fsp3) is 0.333. The first-order chi connectivity index (χ1) is 6.81. The van der Waals surface area contributed by atoms with Crippen LogP contribution in [0.15, 0.2) is 12.1 Å². The normalized spacial score (nSPS) is 10.8. The fourth-order valence-electron chi connectivity index (χ4n) is 0.963. The van der Waals surface area contributed by atoms with Crippen molar-refractivity contribution in [2.45, 2.75) is 26.4 Å². The Morgan fingerprint density at radius 2 is 1.80 bits per heavy atom. The van der Waals surface area contributed by atoms with Crippen molar-refractivity contribution in [3.63, 3.8) is 0 Å². The van der Waals surface area contributed by atoms with Crippen LogP contribution in [0, 0.1) is 30.4 Å². The smallest absolute Gasteiger partial charge is 0.174 e. The van der Waals surface area contributed by atoms with Gasteiger partial charge in [-0.25, -0.2) is 8.78 Å². The van der Waals surface area contributed by atoms with Crippen LogP contribution in [-0.2, 0) is 0 Å². The van der Waals surface area contributed by atoms with Crippen LogP contribution < -0.4 is 0 Å². The zero-order valence-corrected chi connectivity index (χ0v) is 8.86. The molecular formula is C12H12F2O. The molecule has 0 fully saturated rings. The maximum atomic E-state index is 13.3. The number of rotatable bonds is 0. The number of halogens is 2. The third kappa shape index (κ3) is 3.03. The van der Waals surface area contributed by atoms with Gasteiger partial charge in [-0.15, -0.1) is 0 Å². The third-order valence-corrected chi connectivity index (χ3v) is 1.78. The molecule has 0 bridgehead atoms. The quantitative estimate of drug-likeness (QED) is 0.652. The van der Waals surface area contributed by atoms with Gasteiger partial charge in [-0.2, -0.15) is 0 Å². The van der Waals surface area contributed by atoms with Crippen molar-refractivity contribution in [2.24, 2.45) is 0 Å². The molecule has 0 spiro atoms. The summed E-state index contributed by atoms with van der Waals surface area (Å²) in [4.78, 5) is 0. The zero-order chi connectivity index (χ0) is 11.6. The molecule has 0 aliphatic carbocycles. The molecule has 1 aromatic carbocycles. The van der Waals surface area contributed by atoms with Gasteiger partial charge in [0.2, 0.25) is 0 Å². The molecule has 0 saturated carbocycles. The van der Waals surface area contributed by atoms with Crippen molar-refractivity contribution < 1.29 is 13.9 Å². The molecule has 0 unspecified atom stereocenters. The Kier molecular flexibility index (Phi) is 3.11. The first-order valence-corrected chi connectivity index (χ1v) is 4.51. The van der Waals surface area contributed by atoms with Gasteiger partial charge < -0.3 is 5.11 Å². The number of aryl methyl sites for hydroxylation is 1. The van der Waals surface area contributed by atoms with E-state index in [2.05, 4.69) is 11.8 Å². The maximum Gasteiger partial charge on any atom is 0.174 e. The van der Waals surface area contributed by atoms with Gasteiger partial charge >= 0.3 is 0 Å². The second-order valence-corrected chi connectivity index (χ2v) is 3.87. The molecular weight excluding hydrogens is 198 g/mol. The van der Waals surface area contributed by atoms with Crippen LogP contribution in [0.5, 0.6) is 0 Å². The Morgan fingerprint density at radius 1 is 1.20 bits per heavy atom. The van der Waals surface area contributed by atoms with Crippen molar-refractivity contribution in [1.29, 1.82) is 0 Å². The number of aliphatic hydroxyl groups is 1. The minimum absolute atomic E-state index is 0.0415. The lowest BCUT2D eigenvalue weighted by atomic mass is 10.1. The van der Waals surface area contributed by atoms with Crippen molar-refractivity contribution in [3.05, 3.63) is 34.9 Å². The Morgan fingerprint density at radius 3 is 2.33 bits per heavy atom. The van der Waals surface area contributed by atoms with E-state index in [-0.39, 0.29) is 11.1 Å². The van der Waals surface area contributed by atoms with Crippen molar-refractivity contribution in [2.75, 3.05) is 0 Å². The molecule has 1 N–H and O–H groups in total. The van der Waals surface area contributed by atoms with E-state index in [4.69, 9.17) is 0 Å². The van der Waals surface area contributed by atoms with Gasteiger partial charge in [-0.05, 0) is 32.4 Å². The van der Waals surface area contributed by atoms with Gasteiger partial charge in [-0.1, -0.05) is 17.9 Å². The molecule has 1 rings (SSSR count). The van der Waals surface area contributed by atoms with Crippen LogP contribution in [0.4, 0.5) is 8.78 Å². The Labute approximate surface area is 87.7 Å². The topological polar surface area (TPSA) is 20.2 Å². The summed E-state index contributed by atoms with van der Waals surface area (Å²) in [7, 11) is 0. The highest BCUT2D eigenvalue weighted by Crippen LogP contribution is 2.14. The molecule has 1 nitrogen and oxygen atoms in total. The van der Waals surface area contributed by atoms with Gasteiger partial charge in [0, 0.05) is 0 Å². The predicted molar refractivity (Wildman–Crippen MR) is 54.3 cm³/mol. The number of hydrogen-bond acceptors (Lipinski definition) is 1. The second-order valence-electron chi connectivity index (χ2n) is 3.87. The fourth-order valence-corrected chi connectivity index (χ4v) is 0.963. The summed E-state index contributed by atoms with van der Waals surface area (Å²) in [6.07, 6.45) is 0. The molecule has 0 heterocycles. The van der Waals surface area contributed by atoms with E-state index in [1.54, 1.807) is 0 Å². The Balaban J connectivity index is 3.17. The van der Waals surface area contributed by atoms with E-state index in [0.29, 0.717) is 0 Å². The highest BCUT2D eigenvalue weighted by atomic mass is 19.2. The van der Waals surface area contributed by atoms with Gasteiger partial charge in [0.15, 0.2) is 11.6 Å². The van der Waals surface area contributed by atoms with Crippen LogP contribution in [0.3, 0.4) is 0 Å². The van der Waals surface area contributed by atoms with Crippen molar-refractivity contribution >= 4 is 0 Å². The average molecular weight is 210 g/mol. The zero-order valence-electron chi connectivity index (χ0n) is 8.86. The molecule has 0 saturated heterocycles. The lowest BCUT2D eigenvalue weighted by Gasteiger charge is -2.06. The molecule has 1 aromatic rings. The van der Waals surface area contributed by atoms with Gasteiger partial charge in [0.25, 0.3) is 0 Å². The van der Waals surface area contributed by atoms with E-state index in [1.165, 1.54) is 32.9 Å². The Bertz CT molecular complexity index is 433. The molecule has 0 amide bonds. The molecule has 15 heavy (non-hydrogen) atoms. The summed E-state index contributed by atoms with van der Waals surface area (Å²) in [6.45, 7) is 4.43. The monoisotopic (exact) mass is 210 g/mol. The predicted octanol–water partition coefficient (Wildman–Crippen LogP) is 2.40. The van der Waals surface area contributed by atoms with E-state index < -0.39 is 17.2 Å². The van der Waals surface area contributed by atoms with Crippen molar-refractivity contribution in [1.82, 2.24) is 0 Å². The van der Waals surface area contributed by atoms with Crippen LogP contribution in [-0.4, -0.2) is 10.7 Å². The minimum Gasteiger partial charge on any atom is -0.378 e. The Hall–Kier alpha value is -1.40. The van der Waals surface area contributed by atoms with Crippen molar-refractivity contribution in [3.8, 4) is 11.8 Å². The standard InChI is InChI=1S/C12H12F2O/c1-8-4-5-9(11(14)10(8)13)6-7-12(2,3)15/h4-5,15H,1-3H3. The molecule has 0 aliphatic heterocycles. The highest BCUT2D eigenvalue weighted by Gasteiger charge is 2.10. The van der Waals surface area contributed by atoms with Gasteiger partial charge in [0.05, 0.1) is 5.56 Å². The largest absolute Gasteiger partial charge is 0.378 e. The first-order valence-electron chi connectivity index (χ1n) is 4.51. The first kappa shape index (κ1) is 11.7. The van der Waals surface area contributed by atoms with Gasteiger partial charge in [-0.3, -0.25) is 0 Å². The third-order valence-electron chi connectivity index (χ3n) is 1.78. The SMILES string of the molecule is Cc1ccc(C#CC(C)(C)O)c(F)c1F. The van der Waals surface area contributed by atoms with Crippen LogP contribution in [0.25, 0.3) is 0 Å². The van der Waals surface area contributed by atoms with E-state index in [1.807, 2.05) is 0 Å². The molecule has 80 valence electrons. The molecule has 0 radical (unpaired) electrons. The number of hydrogen-bond donors (Lipinski definition) is 1. The van der Waals surface area contributed by atoms with Crippen LogP contribution in [0.1, 0.15) is 25.0 Å². The minimum atomic E-state index is -1.21. The highest BCUT2D eigenvalue weighted by molar-refractivity contribution is 5.39. The second kappa shape index (κ2) is 4.00. The summed E-state index contributed by atoms with van der Waals surface area (Å²) >= 11 is 0. The van der Waals surface area contributed by atoms with Gasteiger partial charge in [0.1, 0.15) is 5.60 Å². The summed E-state index contributed by atoms with van der Waals surface area (Å²) < 4.78 is 26.4. The maximum absolute atomic E-state index is 13.3. The lowest BCUT2D eigenvalue weighted by molar-refractivity contribution is 0.143. The number of benzene rings is 1. The summed E-state index contributed by atoms with van der Waals surface area (Å²) in [5.41, 5.74) is -1.02. The lowest BCUT2D eigenvalue weighted by Crippen LogP contribution is -2.14. The average Bonchev–Trinajstić information content (AvgIpc) is 2.12. The van der Waals surface area contributed by atoms with E-state index in [9.17, 15) is 13.9 Å². The summed E-state index contributed by atoms with van der Waals surface area (Å²) in [5, 5.41) is 9.30. The molecule has 0 atom stereocenters. The van der Waals surface area contributed by atoms with E-state index in [0.717, 1.165) is 0 Å². The summed E-state index contributed by atoms with van der Waals surface area (Å²) in [5.74, 6) is 2.97. The molecule has 3 heteroatoms. The van der Waals surface area contributed by atoms with Crippen LogP contribution in [0.2, 0.25) is 0 Å².